The van der Waals surface area contributed by atoms with Gasteiger partial charge in [-0.3, -0.25) is 4.79 Å². The second kappa shape index (κ2) is 6.33. The first kappa shape index (κ1) is 14.3. The Labute approximate surface area is 119 Å². The second-order valence-electron chi connectivity index (χ2n) is 5.50. The van der Waals surface area contributed by atoms with Crippen molar-refractivity contribution in [3.63, 3.8) is 0 Å². The highest BCUT2D eigenvalue weighted by Gasteiger charge is 2.27. The SMILES string of the molecule is CC(C)CN(c1ncnc(Cl)c1C=O)C1CCCC1. The van der Waals surface area contributed by atoms with Crippen LogP contribution in [-0.4, -0.2) is 28.8 Å². The van der Waals surface area contributed by atoms with Gasteiger partial charge in [-0.05, 0) is 18.8 Å². The third kappa shape index (κ3) is 3.24. The summed E-state index contributed by atoms with van der Waals surface area (Å²) in [6, 6.07) is 0.465. The van der Waals surface area contributed by atoms with Crippen LogP contribution in [-0.2, 0) is 0 Å². The normalized spacial score (nSPS) is 16.0. The summed E-state index contributed by atoms with van der Waals surface area (Å²) in [7, 11) is 0. The minimum absolute atomic E-state index is 0.242. The predicted octanol–water partition coefficient (Wildman–Crippen LogP) is 3.35. The van der Waals surface area contributed by atoms with Gasteiger partial charge in [0.25, 0.3) is 0 Å². The van der Waals surface area contributed by atoms with E-state index in [0.29, 0.717) is 23.3 Å². The second-order valence-corrected chi connectivity index (χ2v) is 5.86. The van der Waals surface area contributed by atoms with Crippen LogP contribution in [0.3, 0.4) is 0 Å². The molecule has 19 heavy (non-hydrogen) atoms. The molecule has 0 amide bonds. The van der Waals surface area contributed by atoms with Crippen LogP contribution in [0.15, 0.2) is 6.33 Å². The van der Waals surface area contributed by atoms with E-state index >= 15 is 0 Å². The Morgan fingerprint density at radius 1 is 1.42 bits per heavy atom. The Morgan fingerprint density at radius 2 is 2.11 bits per heavy atom. The van der Waals surface area contributed by atoms with E-state index in [9.17, 15) is 4.79 Å². The van der Waals surface area contributed by atoms with Gasteiger partial charge in [-0.15, -0.1) is 0 Å². The maximum atomic E-state index is 11.3. The molecule has 1 aromatic heterocycles. The molecule has 0 aliphatic heterocycles. The van der Waals surface area contributed by atoms with Gasteiger partial charge in [0, 0.05) is 12.6 Å². The van der Waals surface area contributed by atoms with Gasteiger partial charge in [0.1, 0.15) is 17.3 Å². The van der Waals surface area contributed by atoms with Crippen molar-refractivity contribution in [1.82, 2.24) is 9.97 Å². The quantitative estimate of drug-likeness (QED) is 0.613. The van der Waals surface area contributed by atoms with Gasteiger partial charge >= 0.3 is 0 Å². The van der Waals surface area contributed by atoms with Crippen molar-refractivity contribution in [1.29, 1.82) is 0 Å². The van der Waals surface area contributed by atoms with E-state index in [1.165, 1.54) is 19.2 Å². The fourth-order valence-electron chi connectivity index (χ4n) is 2.71. The lowest BCUT2D eigenvalue weighted by Gasteiger charge is -2.32. The average Bonchev–Trinajstić information content (AvgIpc) is 2.89. The molecule has 1 aromatic rings. The van der Waals surface area contributed by atoms with Crippen LogP contribution in [0.2, 0.25) is 5.15 Å². The molecule has 0 radical (unpaired) electrons. The fourth-order valence-corrected chi connectivity index (χ4v) is 2.89. The zero-order chi connectivity index (χ0) is 13.8. The summed E-state index contributed by atoms with van der Waals surface area (Å²) in [5.41, 5.74) is 0.414. The lowest BCUT2D eigenvalue weighted by Crippen LogP contribution is -2.37. The minimum atomic E-state index is 0.242. The molecule has 0 bridgehead atoms. The van der Waals surface area contributed by atoms with E-state index in [1.54, 1.807) is 0 Å². The van der Waals surface area contributed by atoms with Gasteiger partial charge in [0.05, 0.1) is 5.56 Å². The Balaban J connectivity index is 2.36. The molecule has 0 atom stereocenters. The van der Waals surface area contributed by atoms with Crippen molar-refractivity contribution in [3.8, 4) is 0 Å². The number of aldehydes is 1. The number of carbonyl (C=O) groups is 1. The molecule has 0 unspecified atom stereocenters. The lowest BCUT2D eigenvalue weighted by atomic mass is 10.1. The molecular weight excluding hydrogens is 262 g/mol. The number of rotatable bonds is 5. The van der Waals surface area contributed by atoms with Crippen molar-refractivity contribution in [3.05, 3.63) is 17.0 Å². The van der Waals surface area contributed by atoms with Crippen LogP contribution >= 0.6 is 11.6 Å². The first-order valence-corrected chi connectivity index (χ1v) is 7.23. The minimum Gasteiger partial charge on any atom is -0.353 e. The standard InChI is InChI=1S/C14H20ClN3O/c1-10(2)7-18(11-5-3-4-6-11)14-12(8-19)13(15)16-9-17-14/h8-11H,3-7H2,1-2H3. The number of halogens is 1. The number of aromatic nitrogens is 2. The van der Waals surface area contributed by atoms with Crippen molar-refractivity contribution in [2.45, 2.75) is 45.6 Å². The van der Waals surface area contributed by atoms with Gasteiger partial charge < -0.3 is 4.90 Å². The summed E-state index contributed by atoms with van der Waals surface area (Å²) in [5.74, 6) is 1.20. The summed E-state index contributed by atoms with van der Waals surface area (Å²) in [5, 5.41) is 0.242. The molecule has 0 aromatic carbocycles. The van der Waals surface area contributed by atoms with E-state index < -0.39 is 0 Å². The van der Waals surface area contributed by atoms with E-state index in [1.807, 2.05) is 0 Å². The van der Waals surface area contributed by atoms with Crippen LogP contribution in [0.1, 0.15) is 49.9 Å². The van der Waals surface area contributed by atoms with Gasteiger partial charge in [-0.1, -0.05) is 38.3 Å². The molecule has 1 aliphatic rings. The smallest absolute Gasteiger partial charge is 0.156 e. The van der Waals surface area contributed by atoms with Gasteiger partial charge in [-0.25, -0.2) is 9.97 Å². The Morgan fingerprint density at radius 3 is 2.68 bits per heavy atom. The Hall–Kier alpha value is -1.16. The molecule has 1 saturated carbocycles. The van der Waals surface area contributed by atoms with Crippen molar-refractivity contribution < 1.29 is 4.79 Å². The topological polar surface area (TPSA) is 46.1 Å². The maximum Gasteiger partial charge on any atom is 0.156 e. The zero-order valence-corrected chi connectivity index (χ0v) is 12.2. The van der Waals surface area contributed by atoms with E-state index in [-0.39, 0.29) is 5.15 Å². The molecular formula is C14H20ClN3O. The molecule has 1 heterocycles. The number of carbonyl (C=O) groups excluding carboxylic acids is 1. The molecule has 5 heteroatoms. The van der Waals surface area contributed by atoms with Crippen molar-refractivity contribution >= 4 is 23.7 Å². The van der Waals surface area contributed by atoms with Crippen LogP contribution < -0.4 is 4.90 Å². The molecule has 4 nitrogen and oxygen atoms in total. The van der Waals surface area contributed by atoms with E-state index in [2.05, 4.69) is 28.7 Å². The van der Waals surface area contributed by atoms with Crippen molar-refractivity contribution in [2.75, 3.05) is 11.4 Å². The first-order chi connectivity index (χ1) is 9.13. The summed E-state index contributed by atoms with van der Waals surface area (Å²) in [6.45, 7) is 5.23. The fraction of sp³-hybridized carbons (Fsp3) is 0.643. The Kier molecular flexibility index (Phi) is 4.75. The molecule has 0 saturated heterocycles. The first-order valence-electron chi connectivity index (χ1n) is 6.85. The lowest BCUT2D eigenvalue weighted by molar-refractivity contribution is 0.112. The molecule has 1 fully saturated rings. The van der Waals surface area contributed by atoms with Gasteiger partial charge in [0.2, 0.25) is 0 Å². The highest BCUT2D eigenvalue weighted by Crippen LogP contribution is 2.30. The number of hydrogen-bond acceptors (Lipinski definition) is 4. The average molecular weight is 282 g/mol. The van der Waals surface area contributed by atoms with Gasteiger partial charge in [-0.2, -0.15) is 0 Å². The van der Waals surface area contributed by atoms with E-state index in [0.717, 1.165) is 25.7 Å². The third-order valence-electron chi connectivity index (χ3n) is 3.53. The zero-order valence-electron chi connectivity index (χ0n) is 11.5. The molecule has 0 N–H and O–H groups in total. The monoisotopic (exact) mass is 281 g/mol. The number of anilines is 1. The number of nitrogens with zero attached hydrogens (tertiary/aromatic N) is 3. The molecule has 2 rings (SSSR count). The van der Waals surface area contributed by atoms with Crippen LogP contribution in [0.5, 0.6) is 0 Å². The number of hydrogen-bond donors (Lipinski definition) is 0. The highest BCUT2D eigenvalue weighted by atomic mass is 35.5. The summed E-state index contributed by atoms with van der Waals surface area (Å²) < 4.78 is 0. The van der Waals surface area contributed by atoms with Gasteiger partial charge in [0.15, 0.2) is 6.29 Å². The summed E-state index contributed by atoms with van der Waals surface area (Å²) in [6.07, 6.45) is 7.01. The van der Waals surface area contributed by atoms with Crippen LogP contribution in [0.25, 0.3) is 0 Å². The van der Waals surface area contributed by atoms with Crippen LogP contribution in [0.4, 0.5) is 5.82 Å². The molecule has 0 spiro atoms. The summed E-state index contributed by atoms with van der Waals surface area (Å²) >= 11 is 6.01. The predicted molar refractivity (Wildman–Crippen MR) is 76.9 cm³/mol. The van der Waals surface area contributed by atoms with E-state index in [4.69, 9.17) is 11.6 Å². The van der Waals surface area contributed by atoms with Crippen LogP contribution in [0, 0.1) is 5.92 Å². The largest absolute Gasteiger partial charge is 0.353 e. The highest BCUT2D eigenvalue weighted by molar-refractivity contribution is 6.32. The van der Waals surface area contributed by atoms with Crippen molar-refractivity contribution in [2.24, 2.45) is 5.92 Å². The maximum absolute atomic E-state index is 11.3. The summed E-state index contributed by atoms with van der Waals surface area (Å²) in [4.78, 5) is 21.7. The molecule has 104 valence electrons. The third-order valence-corrected chi connectivity index (χ3v) is 3.83. The Bertz CT molecular complexity index is 444. The molecule has 1 aliphatic carbocycles.